The van der Waals surface area contributed by atoms with Crippen molar-refractivity contribution < 1.29 is 13.6 Å². The Morgan fingerprint density at radius 3 is 2.19 bits per heavy atom. The molecular formula is C49H30N6O3. The zero-order valence-electron chi connectivity index (χ0n) is 30.8. The van der Waals surface area contributed by atoms with Crippen LogP contribution in [0.15, 0.2) is 179 Å². The fourth-order valence-electron chi connectivity index (χ4n) is 8.88. The van der Waals surface area contributed by atoms with E-state index in [0.717, 1.165) is 94.7 Å². The summed E-state index contributed by atoms with van der Waals surface area (Å²) in [5.41, 5.74) is 11.2. The Balaban J connectivity index is 1.04. The number of pyridine rings is 1. The van der Waals surface area contributed by atoms with Gasteiger partial charge in [-0.3, -0.25) is 8.97 Å². The van der Waals surface area contributed by atoms with Crippen molar-refractivity contribution in [3.63, 3.8) is 0 Å². The molecule has 0 amide bonds. The highest BCUT2D eigenvalue weighted by atomic mass is 16.5. The van der Waals surface area contributed by atoms with Crippen LogP contribution in [0.3, 0.4) is 0 Å². The molecule has 12 aromatic rings. The normalized spacial score (nSPS) is 13.0. The Morgan fingerprint density at radius 1 is 0.534 bits per heavy atom. The number of nitrogens with zero attached hydrogens (tertiary/aromatic N) is 6. The van der Waals surface area contributed by atoms with Gasteiger partial charge in [0.15, 0.2) is 11.3 Å². The SMILES string of the molecule is c1ccc(N2CN(c3cc(Oc4ccc5c(c4)n(-c4ccccn4)c4nc6ccccc6n54)c4oc5ccc6c7ccccc7oc6c5c4c3)c3ccccc32)cc1. The first kappa shape index (κ1) is 31.2. The summed E-state index contributed by atoms with van der Waals surface area (Å²) in [4.78, 5) is 14.5. The molecule has 0 fully saturated rings. The van der Waals surface area contributed by atoms with Crippen LogP contribution in [0, 0.1) is 0 Å². The van der Waals surface area contributed by atoms with E-state index in [2.05, 4.69) is 110 Å². The first-order valence-corrected chi connectivity index (χ1v) is 19.3. The average Bonchev–Trinajstić information content (AvgIpc) is 4.09. The van der Waals surface area contributed by atoms with Crippen molar-refractivity contribution in [2.75, 3.05) is 16.5 Å². The van der Waals surface area contributed by atoms with Gasteiger partial charge in [-0.2, -0.15) is 0 Å². The summed E-state index contributed by atoms with van der Waals surface area (Å²) >= 11 is 0. The number of anilines is 4. The lowest BCUT2D eigenvalue weighted by atomic mass is 10.1. The number of aromatic nitrogens is 4. The van der Waals surface area contributed by atoms with Crippen LogP contribution in [-0.2, 0) is 0 Å². The minimum absolute atomic E-state index is 0.592. The zero-order valence-corrected chi connectivity index (χ0v) is 30.8. The number of rotatable bonds is 5. The van der Waals surface area contributed by atoms with Gasteiger partial charge in [0.2, 0.25) is 5.78 Å². The van der Waals surface area contributed by atoms with E-state index in [4.69, 9.17) is 23.5 Å². The van der Waals surface area contributed by atoms with Gasteiger partial charge in [0.1, 0.15) is 35.0 Å². The number of imidazole rings is 2. The van der Waals surface area contributed by atoms with Crippen LogP contribution in [0.25, 0.3) is 77.5 Å². The smallest absolute Gasteiger partial charge is 0.221 e. The summed E-state index contributed by atoms with van der Waals surface area (Å²) in [5.74, 6) is 2.78. The van der Waals surface area contributed by atoms with E-state index < -0.39 is 0 Å². The van der Waals surface area contributed by atoms with Crippen molar-refractivity contribution in [2.24, 2.45) is 0 Å². The third kappa shape index (κ3) is 4.40. The van der Waals surface area contributed by atoms with Gasteiger partial charge in [0, 0.05) is 45.9 Å². The molecule has 0 radical (unpaired) electrons. The predicted octanol–water partition coefficient (Wildman–Crippen LogP) is 12.7. The first-order valence-electron chi connectivity index (χ1n) is 19.3. The molecule has 13 rings (SSSR count). The van der Waals surface area contributed by atoms with Gasteiger partial charge >= 0.3 is 0 Å². The van der Waals surface area contributed by atoms with Crippen LogP contribution in [0.1, 0.15) is 0 Å². The van der Waals surface area contributed by atoms with E-state index in [1.54, 1.807) is 6.20 Å². The minimum Gasteiger partial charge on any atom is -0.455 e. The fourth-order valence-corrected chi connectivity index (χ4v) is 8.88. The molecule has 0 unspecified atom stereocenters. The lowest BCUT2D eigenvalue weighted by Gasteiger charge is -2.22. The molecule has 0 saturated carbocycles. The lowest BCUT2D eigenvalue weighted by Crippen LogP contribution is -2.23. The highest BCUT2D eigenvalue weighted by Gasteiger charge is 2.30. The number of furan rings is 2. The molecule has 7 aromatic carbocycles. The summed E-state index contributed by atoms with van der Waals surface area (Å²) < 4.78 is 24.7. The van der Waals surface area contributed by atoms with E-state index in [9.17, 15) is 0 Å². The Kier molecular flexibility index (Phi) is 6.31. The molecule has 1 aliphatic heterocycles. The predicted molar refractivity (Wildman–Crippen MR) is 230 cm³/mol. The summed E-state index contributed by atoms with van der Waals surface area (Å²) in [6.45, 7) is 0.613. The van der Waals surface area contributed by atoms with Crippen molar-refractivity contribution in [1.29, 1.82) is 0 Å². The summed E-state index contributed by atoms with van der Waals surface area (Å²) in [5, 5.41) is 3.93. The van der Waals surface area contributed by atoms with Crippen molar-refractivity contribution in [3.8, 4) is 17.3 Å². The van der Waals surface area contributed by atoms with Crippen LogP contribution in [0.2, 0.25) is 0 Å². The molecule has 0 bridgehead atoms. The van der Waals surface area contributed by atoms with Gasteiger partial charge in [0.05, 0.1) is 38.8 Å². The van der Waals surface area contributed by atoms with E-state index in [0.29, 0.717) is 23.8 Å². The average molecular weight is 751 g/mol. The number of para-hydroxylation sites is 6. The summed E-state index contributed by atoms with van der Waals surface area (Å²) in [6.07, 6.45) is 1.80. The van der Waals surface area contributed by atoms with Gasteiger partial charge in [-0.25, -0.2) is 9.97 Å². The standard InChI is InChI=1S/C49H30N6O3/c1-2-12-30(13-3-1)52-29-53(39-18-8-7-17-38(39)52)31-26-35-46-43(24-22-34-33-14-4-9-19-42(33)57-48(34)46)58-47(35)44(27-31)56-32-21-23-40-41(28-32)55(45-20-10-11-25-50-45)49-51-36-15-5-6-16-37(36)54(40)49/h1-28H,29H2. The van der Waals surface area contributed by atoms with Crippen LogP contribution in [0.5, 0.6) is 11.5 Å². The zero-order chi connectivity index (χ0) is 37.9. The largest absolute Gasteiger partial charge is 0.455 e. The Hall–Kier alpha value is -8.04. The van der Waals surface area contributed by atoms with Gasteiger partial charge in [-0.15, -0.1) is 0 Å². The molecule has 0 saturated heterocycles. The second-order valence-corrected chi connectivity index (χ2v) is 14.7. The van der Waals surface area contributed by atoms with E-state index in [1.165, 1.54) is 0 Å². The maximum absolute atomic E-state index is 7.02. The Bertz CT molecular complexity index is 3600. The molecule has 0 aliphatic carbocycles. The van der Waals surface area contributed by atoms with Gasteiger partial charge < -0.3 is 23.4 Å². The van der Waals surface area contributed by atoms with Crippen LogP contribution in [0.4, 0.5) is 22.7 Å². The summed E-state index contributed by atoms with van der Waals surface area (Å²) in [6, 6.07) is 55.9. The number of hydrogen-bond acceptors (Lipinski definition) is 7. The van der Waals surface area contributed by atoms with Crippen molar-refractivity contribution in [2.45, 2.75) is 0 Å². The molecule has 0 spiro atoms. The third-order valence-corrected chi connectivity index (χ3v) is 11.4. The van der Waals surface area contributed by atoms with Crippen LogP contribution in [-0.4, -0.2) is 25.6 Å². The maximum atomic E-state index is 7.02. The van der Waals surface area contributed by atoms with Gasteiger partial charge in [-0.05, 0) is 84.9 Å². The highest BCUT2D eigenvalue weighted by Crippen LogP contribution is 2.49. The molecule has 6 heterocycles. The molecule has 9 heteroatoms. The molecule has 9 nitrogen and oxygen atoms in total. The Morgan fingerprint density at radius 2 is 1.31 bits per heavy atom. The number of hydrogen-bond donors (Lipinski definition) is 0. The molecule has 274 valence electrons. The molecule has 0 N–H and O–H groups in total. The van der Waals surface area contributed by atoms with Crippen molar-refractivity contribution in [1.82, 2.24) is 18.9 Å². The first-order chi connectivity index (χ1) is 28.7. The van der Waals surface area contributed by atoms with E-state index >= 15 is 0 Å². The second-order valence-electron chi connectivity index (χ2n) is 14.7. The maximum Gasteiger partial charge on any atom is 0.221 e. The number of benzene rings is 7. The Labute approximate surface area is 329 Å². The highest BCUT2D eigenvalue weighted by molar-refractivity contribution is 6.23. The molecule has 0 atom stereocenters. The third-order valence-electron chi connectivity index (χ3n) is 11.4. The van der Waals surface area contributed by atoms with Crippen molar-refractivity contribution in [3.05, 3.63) is 170 Å². The van der Waals surface area contributed by atoms with Gasteiger partial charge in [0.25, 0.3) is 0 Å². The monoisotopic (exact) mass is 750 g/mol. The molecule has 5 aromatic heterocycles. The fraction of sp³-hybridized carbons (Fsp3) is 0.0204. The van der Waals surface area contributed by atoms with Gasteiger partial charge in [-0.1, -0.05) is 66.7 Å². The van der Waals surface area contributed by atoms with Crippen molar-refractivity contribution >= 4 is 94.5 Å². The second kappa shape index (κ2) is 11.7. The number of fused-ring (bicyclic) bond motifs is 13. The molecule has 58 heavy (non-hydrogen) atoms. The van der Waals surface area contributed by atoms with E-state index in [1.807, 2.05) is 72.8 Å². The molecule has 1 aliphatic rings. The van der Waals surface area contributed by atoms with E-state index in [-0.39, 0.29) is 0 Å². The topological polar surface area (TPSA) is 77.1 Å². The minimum atomic E-state index is 0.592. The molecular weight excluding hydrogens is 721 g/mol. The number of ether oxygens (including phenoxy) is 1. The lowest BCUT2D eigenvalue weighted by molar-refractivity contribution is 0.477. The summed E-state index contributed by atoms with van der Waals surface area (Å²) in [7, 11) is 0. The van der Waals surface area contributed by atoms with Crippen LogP contribution >= 0.6 is 0 Å². The van der Waals surface area contributed by atoms with Crippen LogP contribution < -0.4 is 14.5 Å². The quantitative estimate of drug-likeness (QED) is 0.173.